The van der Waals surface area contributed by atoms with E-state index in [0.717, 1.165) is 38.5 Å². The van der Waals surface area contributed by atoms with Crippen LogP contribution < -0.4 is 20.3 Å². The van der Waals surface area contributed by atoms with Gasteiger partial charge in [0.05, 0.1) is 16.7 Å². The lowest BCUT2D eigenvalue weighted by Crippen LogP contribution is -2.53. The number of hydrogen-bond donors (Lipinski definition) is 2. The van der Waals surface area contributed by atoms with Gasteiger partial charge in [0.2, 0.25) is 11.8 Å². The van der Waals surface area contributed by atoms with Gasteiger partial charge in [0.1, 0.15) is 23.7 Å². The maximum atomic E-state index is 15.5. The molecule has 274 valence electrons. The summed E-state index contributed by atoms with van der Waals surface area (Å²) in [5, 5.41) is 23.5. The molecule has 4 aliphatic heterocycles. The molecular weight excluding hydrogens is 703 g/mol. The largest absolute Gasteiger partial charge is 0.490 e. The van der Waals surface area contributed by atoms with Crippen molar-refractivity contribution in [3.8, 4) is 11.8 Å². The first-order chi connectivity index (χ1) is 25.6. The average Bonchev–Trinajstić information content (AvgIpc) is 3.57. The van der Waals surface area contributed by atoms with Crippen molar-refractivity contribution in [2.75, 3.05) is 18.0 Å². The number of nitriles is 1. The normalized spacial score (nSPS) is 25.5. The Labute approximate surface area is 310 Å². The Morgan fingerprint density at radius 3 is 2.45 bits per heavy atom. The predicted octanol–water partition coefficient (Wildman–Crippen LogP) is 3.87. The van der Waals surface area contributed by atoms with E-state index in [0.29, 0.717) is 52.9 Å². The second-order valence-corrected chi connectivity index (χ2v) is 15.0. The van der Waals surface area contributed by atoms with Gasteiger partial charge in [-0.3, -0.25) is 29.4 Å². The molecule has 2 N–H and O–H groups in total. The third-order valence-corrected chi connectivity index (χ3v) is 11.6. The minimum Gasteiger partial charge on any atom is -0.490 e. The number of piperazine rings is 1. The molecule has 4 amide bonds. The van der Waals surface area contributed by atoms with Gasteiger partial charge in [0, 0.05) is 67.9 Å². The number of amides is 4. The van der Waals surface area contributed by atoms with E-state index in [4.69, 9.17) is 21.6 Å². The number of nitrogens with one attached hydrogen (secondary N) is 2. The monoisotopic (exact) mass is 740 g/mol. The molecule has 1 saturated carbocycles. The molecule has 3 atom stereocenters. The molecule has 8 rings (SSSR count). The van der Waals surface area contributed by atoms with E-state index in [1.807, 2.05) is 12.1 Å². The van der Waals surface area contributed by atoms with Crippen LogP contribution in [0.2, 0.25) is 5.02 Å². The molecule has 4 fully saturated rings. The number of rotatable bonds is 8. The van der Waals surface area contributed by atoms with Crippen molar-refractivity contribution < 1.29 is 28.3 Å². The summed E-state index contributed by atoms with van der Waals surface area (Å²) in [6, 6.07) is 13.3. The summed E-state index contributed by atoms with van der Waals surface area (Å²) in [4.78, 5) is 56.2. The van der Waals surface area contributed by atoms with E-state index >= 15 is 4.39 Å². The third-order valence-electron chi connectivity index (χ3n) is 11.3. The highest BCUT2D eigenvalue weighted by Crippen LogP contribution is 2.36. The zero-order valence-electron chi connectivity index (χ0n) is 28.9. The molecule has 15 heteroatoms. The number of hydrogen-bond acceptors (Lipinski definition) is 10. The van der Waals surface area contributed by atoms with E-state index in [1.165, 1.54) is 11.0 Å². The van der Waals surface area contributed by atoms with Gasteiger partial charge in [-0.2, -0.15) is 5.26 Å². The number of aromatic nitrogens is 2. The molecule has 2 aromatic carbocycles. The molecular formula is C38H38ClFN8O5. The zero-order chi connectivity index (χ0) is 36.8. The Bertz CT molecular complexity index is 2000. The van der Waals surface area contributed by atoms with Crippen LogP contribution in [0, 0.1) is 17.1 Å². The Hall–Kier alpha value is -5.13. The summed E-state index contributed by atoms with van der Waals surface area (Å²) in [7, 11) is 0. The number of anilines is 1. The number of piperidine rings is 1. The van der Waals surface area contributed by atoms with Crippen molar-refractivity contribution in [2.45, 2.75) is 94.7 Å². The number of nitrogens with zero attached hydrogens (tertiary/aromatic N) is 6. The Kier molecular flexibility index (Phi) is 9.46. The number of ether oxygens (including phenoxy) is 1. The second-order valence-electron chi connectivity index (χ2n) is 14.6. The quantitative estimate of drug-likeness (QED) is 0.325. The van der Waals surface area contributed by atoms with Gasteiger partial charge in [-0.05, 0) is 86.9 Å². The molecule has 3 aromatic rings. The minimum absolute atomic E-state index is 0.00193. The highest BCUT2D eigenvalue weighted by Gasteiger charge is 2.42. The molecule has 1 aromatic heterocycles. The summed E-state index contributed by atoms with van der Waals surface area (Å²) >= 11 is 6.14. The third kappa shape index (κ3) is 7.03. The van der Waals surface area contributed by atoms with Crippen molar-refractivity contribution in [2.24, 2.45) is 0 Å². The van der Waals surface area contributed by atoms with E-state index in [1.54, 1.807) is 30.3 Å². The summed E-state index contributed by atoms with van der Waals surface area (Å²) in [6.07, 6.45) is 5.38. The maximum Gasteiger partial charge on any atom is 0.272 e. The van der Waals surface area contributed by atoms with Gasteiger partial charge >= 0.3 is 0 Å². The molecule has 0 radical (unpaired) electrons. The van der Waals surface area contributed by atoms with Gasteiger partial charge in [0.15, 0.2) is 11.5 Å². The van der Waals surface area contributed by atoms with E-state index in [-0.39, 0.29) is 72.6 Å². The molecule has 0 spiro atoms. The van der Waals surface area contributed by atoms with Gasteiger partial charge < -0.3 is 19.9 Å². The van der Waals surface area contributed by atoms with E-state index < -0.39 is 17.8 Å². The molecule has 3 unspecified atom stereocenters. The highest BCUT2D eigenvalue weighted by molar-refractivity contribution is 6.31. The van der Waals surface area contributed by atoms with Crippen LogP contribution in [0.5, 0.6) is 5.75 Å². The zero-order valence-corrected chi connectivity index (χ0v) is 29.6. The first kappa shape index (κ1) is 34.9. The molecule has 5 aliphatic rings. The number of fused-ring (bicyclic) bond motifs is 3. The van der Waals surface area contributed by atoms with Crippen LogP contribution >= 0.6 is 11.6 Å². The fraction of sp³-hybridized carbons (Fsp3) is 0.447. The second kappa shape index (κ2) is 14.4. The van der Waals surface area contributed by atoms with Crippen LogP contribution in [0.4, 0.5) is 10.2 Å². The van der Waals surface area contributed by atoms with Crippen LogP contribution in [0.3, 0.4) is 0 Å². The number of imide groups is 1. The van der Waals surface area contributed by atoms with Gasteiger partial charge in [-0.15, -0.1) is 10.2 Å². The average molecular weight is 741 g/mol. The Morgan fingerprint density at radius 1 is 1.00 bits per heavy atom. The number of carbonyl (C=O) groups excluding carboxylic acids is 4. The van der Waals surface area contributed by atoms with Gasteiger partial charge in [0.25, 0.3) is 11.8 Å². The molecule has 5 heterocycles. The van der Waals surface area contributed by atoms with E-state index in [2.05, 4.69) is 30.6 Å². The standard InChI is InChI=1S/C38H38ClFN8O5/c39-30-14-28(6-1-21(30)16-41)53-27-7-2-24(3-8-27)42-36(50)32-9-11-34(45-44-32)46-19-25-4-5-26(20-46)47(25)18-23-13-22-17-48(38(52)29(22)15-31(23)40)33-10-12-35(49)43-37(33)51/h1,6,9,11,13-15,24-27,33H,2-5,7-8,10,12,17-20H2,(H,42,50)(H,43,49,51)/t24-,25?,26?,27-,33?. The lowest BCUT2D eigenvalue weighted by atomic mass is 9.93. The summed E-state index contributed by atoms with van der Waals surface area (Å²) < 4.78 is 21.5. The van der Waals surface area contributed by atoms with Crippen LogP contribution in [0.1, 0.15) is 88.9 Å². The summed E-state index contributed by atoms with van der Waals surface area (Å²) in [5.74, 6) is -0.631. The molecule has 3 saturated heterocycles. The number of halogens is 2. The topological polar surface area (TPSA) is 161 Å². The van der Waals surface area contributed by atoms with Crippen molar-refractivity contribution in [1.82, 2.24) is 30.6 Å². The molecule has 2 bridgehead atoms. The molecule has 1 aliphatic carbocycles. The van der Waals surface area contributed by atoms with Crippen molar-refractivity contribution in [1.29, 1.82) is 5.26 Å². The lowest BCUT2D eigenvalue weighted by molar-refractivity contribution is -0.136. The van der Waals surface area contributed by atoms with Crippen LogP contribution in [-0.4, -0.2) is 87.0 Å². The molecule has 13 nitrogen and oxygen atoms in total. The first-order valence-corrected chi connectivity index (χ1v) is 18.5. The molecule has 53 heavy (non-hydrogen) atoms. The summed E-state index contributed by atoms with van der Waals surface area (Å²) in [6.45, 7) is 1.97. The highest BCUT2D eigenvalue weighted by atomic mass is 35.5. The van der Waals surface area contributed by atoms with Gasteiger partial charge in [-0.25, -0.2) is 4.39 Å². The Morgan fingerprint density at radius 2 is 1.77 bits per heavy atom. The van der Waals surface area contributed by atoms with Crippen molar-refractivity contribution in [3.05, 3.63) is 81.3 Å². The first-order valence-electron chi connectivity index (χ1n) is 18.1. The lowest BCUT2D eigenvalue weighted by Gasteiger charge is -2.41. The van der Waals surface area contributed by atoms with Crippen molar-refractivity contribution in [3.63, 3.8) is 0 Å². The smallest absolute Gasteiger partial charge is 0.272 e. The van der Waals surface area contributed by atoms with Crippen LogP contribution in [0.15, 0.2) is 42.5 Å². The van der Waals surface area contributed by atoms with Crippen LogP contribution in [-0.2, 0) is 22.7 Å². The van der Waals surface area contributed by atoms with Gasteiger partial charge in [-0.1, -0.05) is 11.6 Å². The fourth-order valence-electron chi connectivity index (χ4n) is 8.45. The SMILES string of the molecule is N#Cc1ccc(O[C@H]2CC[C@H](NC(=O)c3ccc(N4CC5CCC(C4)N5Cc4cc5c(cc4F)C(=O)N(C4CCC(=O)NC4=O)C5)nn3)CC2)cc1Cl. The fourth-order valence-corrected chi connectivity index (χ4v) is 8.66. The van der Waals surface area contributed by atoms with E-state index in [9.17, 15) is 19.2 Å². The van der Waals surface area contributed by atoms with Crippen LogP contribution in [0.25, 0.3) is 0 Å². The number of benzene rings is 2. The number of carbonyl (C=O) groups is 4. The summed E-state index contributed by atoms with van der Waals surface area (Å²) in [5.41, 5.74) is 2.13. The minimum atomic E-state index is -0.746. The van der Waals surface area contributed by atoms with Crippen molar-refractivity contribution >= 4 is 41.0 Å². The maximum absolute atomic E-state index is 15.5. The predicted molar refractivity (Wildman–Crippen MR) is 189 cm³/mol. The Balaban J connectivity index is 0.836.